The van der Waals surface area contributed by atoms with Crippen LogP contribution < -0.4 is 0 Å². The van der Waals surface area contributed by atoms with Crippen LogP contribution in [0.15, 0.2) is 36.7 Å². The number of nitro groups is 1. The van der Waals surface area contributed by atoms with Crippen LogP contribution in [0.3, 0.4) is 0 Å². The predicted molar refractivity (Wildman–Crippen MR) is 101 cm³/mol. The third-order valence-corrected chi connectivity index (χ3v) is 4.94. The Balaban J connectivity index is 1.44. The Bertz CT molecular complexity index is 718. The zero-order valence-corrected chi connectivity index (χ0v) is 15.5. The van der Waals surface area contributed by atoms with Gasteiger partial charge in [-0.25, -0.2) is 4.98 Å². The minimum absolute atomic E-state index is 0.152. The van der Waals surface area contributed by atoms with E-state index in [1.54, 1.807) is 12.1 Å². The van der Waals surface area contributed by atoms with Crippen LogP contribution in [-0.2, 0) is 13.1 Å². The van der Waals surface area contributed by atoms with E-state index in [-0.39, 0.29) is 10.6 Å². The number of aromatic nitrogens is 2. The van der Waals surface area contributed by atoms with E-state index in [1.165, 1.54) is 0 Å². The van der Waals surface area contributed by atoms with E-state index in [2.05, 4.69) is 39.4 Å². The molecule has 0 amide bonds. The topological polar surface area (TPSA) is 67.4 Å². The van der Waals surface area contributed by atoms with Crippen molar-refractivity contribution < 1.29 is 4.92 Å². The summed E-state index contributed by atoms with van der Waals surface area (Å²) in [6, 6.07) is 6.89. The highest BCUT2D eigenvalue weighted by molar-refractivity contribution is 5.32. The van der Waals surface area contributed by atoms with Gasteiger partial charge in [-0.2, -0.15) is 0 Å². The van der Waals surface area contributed by atoms with E-state index in [0.29, 0.717) is 5.92 Å². The van der Waals surface area contributed by atoms with Gasteiger partial charge in [0.25, 0.3) is 5.69 Å². The molecule has 140 valence electrons. The van der Waals surface area contributed by atoms with Crippen molar-refractivity contribution in [3.63, 3.8) is 0 Å². The highest BCUT2D eigenvalue weighted by atomic mass is 16.6. The standard InChI is InChI=1S/C19H27N5O2/c1-16(2)19-20-7-8-23(19)14-13-21-9-11-22(12-10-21)15-17-3-5-18(6-4-17)24(25)26/h3-8,16H,9-15H2,1-2H3. The molecule has 3 rings (SSSR count). The van der Waals surface area contributed by atoms with Crippen molar-refractivity contribution in [2.45, 2.75) is 32.9 Å². The SMILES string of the molecule is CC(C)c1nccn1CCN1CCN(Cc2ccc([N+](=O)[O-])cc2)CC1. The summed E-state index contributed by atoms with van der Waals surface area (Å²) in [5.74, 6) is 1.60. The molecule has 0 unspecified atom stereocenters. The van der Waals surface area contributed by atoms with Gasteiger partial charge in [-0.05, 0) is 5.56 Å². The van der Waals surface area contributed by atoms with Crippen molar-refractivity contribution in [3.8, 4) is 0 Å². The summed E-state index contributed by atoms with van der Waals surface area (Å²) in [6.45, 7) is 11.4. The van der Waals surface area contributed by atoms with Gasteiger partial charge in [-0.15, -0.1) is 0 Å². The van der Waals surface area contributed by atoms with E-state index < -0.39 is 0 Å². The number of nitro benzene ring substituents is 1. The second kappa shape index (κ2) is 8.42. The summed E-state index contributed by atoms with van der Waals surface area (Å²) in [5.41, 5.74) is 1.28. The third kappa shape index (κ3) is 4.68. The van der Waals surface area contributed by atoms with Crippen molar-refractivity contribution in [1.82, 2.24) is 19.4 Å². The molecule has 0 spiro atoms. The van der Waals surface area contributed by atoms with Crippen molar-refractivity contribution in [2.24, 2.45) is 0 Å². The molecule has 1 aliphatic heterocycles. The molecule has 1 aliphatic rings. The molecule has 0 radical (unpaired) electrons. The Morgan fingerprint density at radius 3 is 2.35 bits per heavy atom. The number of benzene rings is 1. The summed E-state index contributed by atoms with van der Waals surface area (Å²) in [4.78, 5) is 19.7. The molecule has 0 saturated carbocycles. The number of hydrogen-bond donors (Lipinski definition) is 0. The first-order chi connectivity index (χ1) is 12.5. The lowest BCUT2D eigenvalue weighted by atomic mass is 10.2. The Kier molecular flexibility index (Phi) is 6.00. The largest absolute Gasteiger partial charge is 0.333 e. The summed E-state index contributed by atoms with van der Waals surface area (Å²) in [6.07, 6.45) is 3.96. The zero-order chi connectivity index (χ0) is 18.5. The molecule has 7 heteroatoms. The first kappa shape index (κ1) is 18.5. The molecular formula is C19H27N5O2. The van der Waals surface area contributed by atoms with Crippen molar-refractivity contribution in [2.75, 3.05) is 32.7 Å². The van der Waals surface area contributed by atoms with Gasteiger partial charge in [0, 0.05) is 76.3 Å². The zero-order valence-electron chi connectivity index (χ0n) is 15.5. The second-order valence-corrected chi connectivity index (χ2v) is 7.17. The molecule has 0 aliphatic carbocycles. The number of hydrogen-bond acceptors (Lipinski definition) is 5. The lowest BCUT2D eigenvalue weighted by Gasteiger charge is -2.34. The molecule has 2 heterocycles. The highest BCUT2D eigenvalue weighted by Gasteiger charge is 2.17. The molecule has 0 bridgehead atoms. The Labute approximate surface area is 154 Å². The molecule has 0 atom stereocenters. The highest BCUT2D eigenvalue weighted by Crippen LogP contribution is 2.15. The second-order valence-electron chi connectivity index (χ2n) is 7.17. The third-order valence-electron chi connectivity index (χ3n) is 4.94. The molecule has 1 aromatic heterocycles. The molecule has 7 nitrogen and oxygen atoms in total. The fourth-order valence-electron chi connectivity index (χ4n) is 3.41. The van der Waals surface area contributed by atoms with Crippen LogP contribution in [0.1, 0.15) is 31.2 Å². The van der Waals surface area contributed by atoms with Gasteiger partial charge in [-0.3, -0.25) is 19.9 Å². The van der Waals surface area contributed by atoms with Gasteiger partial charge in [0.05, 0.1) is 4.92 Å². The van der Waals surface area contributed by atoms with Gasteiger partial charge in [0.1, 0.15) is 5.82 Å². The van der Waals surface area contributed by atoms with E-state index in [4.69, 9.17) is 0 Å². The van der Waals surface area contributed by atoms with Crippen LogP contribution in [0.5, 0.6) is 0 Å². The minimum Gasteiger partial charge on any atom is -0.333 e. The average Bonchev–Trinajstić information content (AvgIpc) is 3.10. The number of piperazine rings is 1. The first-order valence-electron chi connectivity index (χ1n) is 9.22. The van der Waals surface area contributed by atoms with Crippen LogP contribution >= 0.6 is 0 Å². The van der Waals surface area contributed by atoms with Gasteiger partial charge in [0.15, 0.2) is 0 Å². The van der Waals surface area contributed by atoms with Crippen LogP contribution in [0.4, 0.5) is 5.69 Å². The molecular weight excluding hydrogens is 330 g/mol. The van der Waals surface area contributed by atoms with E-state index >= 15 is 0 Å². The molecule has 1 aromatic carbocycles. The summed E-state index contributed by atoms with van der Waals surface area (Å²) in [5, 5.41) is 10.7. The Morgan fingerprint density at radius 2 is 1.73 bits per heavy atom. The molecule has 1 saturated heterocycles. The van der Waals surface area contributed by atoms with Crippen LogP contribution in [0, 0.1) is 10.1 Å². The number of non-ortho nitro benzene ring substituents is 1. The predicted octanol–water partition coefficient (Wildman–Crippen LogP) is 2.73. The van der Waals surface area contributed by atoms with Crippen molar-refractivity contribution in [1.29, 1.82) is 0 Å². The Morgan fingerprint density at radius 1 is 1.08 bits per heavy atom. The maximum absolute atomic E-state index is 10.7. The quantitative estimate of drug-likeness (QED) is 0.563. The monoisotopic (exact) mass is 357 g/mol. The van der Waals surface area contributed by atoms with E-state index in [0.717, 1.165) is 57.2 Å². The van der Waals surface area contributed by atoms with Gasteiger partial charge in [0.2, 0.25) is 0 Å². The average molecular weight is 357 g/mol. The van der Waals surface area contributed by atoms with Crippen LogP contribution in [0.25, 0.3) is 0 Å². The number of rotatable bonds is 7. The molecule has 0 N–H and O–H groups in total. The van der Waals surface area contributed by atoms with Gasteiger partial charge < -0.3 is 4.57 Å². The van der Waals surface area contributed by atoms with Crippen LogP contribution in [0.2, 0.25) is 0 Å². The summed E-state index contributed by atoms with van der Waals surface area (Å²) in [7, 11) is 0. The Hall–Kier alpha value is -2.25. The van der Waals surface area contributed by atoms with Crippen molar-refractivity contribution in [3.05, 3.63) is 58.2 Å². The van der Waals surface area contributed by atoms with Gasteiger partial charge in [-0.1, -0.05) is 26.0 Å². The van der Waals surface area contributed by atoms with E-state index in [9.17, 15) is 10.1 Å². The lowest BCUT2D eigenvalue weighted by Crippen LogP contribution is -2.46. The smallest absolute Gasteiger partial charge is 0.269 e. The number of imidazole rings is 1. The fourth-order valence-corrected chi connectivity index (χ4v) is 3.41. The summed E-state index contributed by atoms with van der Waals surface area (Å²) < 4.78 is 2.26. The van der Waals surface area contributed by atoms with E-state index in [1.807, 2.05) is 18.3 Å². The maximum atomic E-state index is 10.7. The normalized spacial score (nSPS) is 16.3. The van der Waals surface area contributed by atoms with Crippen molar-refractivity contribution >= 4 is 5.69 Å². The maximum Gasteiger partial charge on any atom is 0.269 e. The van der Waals surface area contributed by atoms with Gasteiger partial charge >= 0.3 is 0 Å². The van der Waals surface area contributed by atoms with Crippen LogP contribution in [-0.4, -0.2) is 57.0 Å². The fraction of sp³-hybridized carbons (Fsp3) is 0.526. The molecule has 2 aromatic rings. The molecule has 26 heavy (non-hydrogen) atoms. The minimum atomic E-state index is -0.354. The number of nitrogens with zero attached hydrogens (tertiary/aromatic N) is 5. The lowest BCUT2D eigenvalue weighted by molar-refractivity contribution is -0.384. The molecule has 1 fully saturated rings. The first-order valence-corrected chi connectivity index (χ1v) is 9.22. The summed E-state index contributed by atoms with van der Waals surface area (Å²) >= 11 is 0.